The number of carbonyl (C=O) groups excluding carboxylic acids is 1. The summed E-state index contributed by atoms with van der Waals surface area (Å²) in [5, 5.41) is 10.5. The number of carboxylic acid groups (broad SMARTS) is 1. The lowest BCUT2D eigenvalue weighted by molar-refractivity contribution is -0.150. The fraction of sp³-hybridized carbons (Fsp3) is 0.964. The van der Waals surface area contributed by atoms with E-state index in [0.717, 1.165) is 64.2 Å². The summed E-state index contributed by atoms with van der Waals surface area (Å²) < 4.78 is 0. The summed E-state index contributed by atoms with van der Waals surface area (Å²) in [4.78, 5) is 25.1. The van der Waals surface area contributed by atoms with Crippen LogP contribution in [0.1, 0.15) is 342 Å². The van der Waals surface area contributed by atoms with Crippen LogP contribution in [-0.2, 0) is 9.59 Å². The van der Waals surface area contributed by atoms with Gasteiger partial charge in [0.05, 0.1) is 5.41 Å². The van der Waals surface area contributed by atoms with Crippen LogP contribution in [0.15, 0.2) is 0 Å². The van der Waals surface area contributed by atoms with E-state index in [0.29, 0.717) is 5.78 Å². The summed E-state index contributed by atoms with van der Waals surface area (Å²) in [6.45, 7) is 6.84. The van der Waals surface area contributed by atoms with Crippen molar-refractivity contribution in [3.8, 4) is 0 Å². The maximum Gasteiger partial charge on any atom is 0.309 e. The minimum atomic E-state index is -0.502. The Kier molecular flexibility index (Phi) is 47.5. The fourth-order valence-corrected chi connectivity index (χ4v) is 9.62. The zero-order valence-corrected chi connectivity index (χ0v) is 41.1. The summed E-state index contributed by atoms with van der Waals surface area (Å²) in [6, 6.07) is 0. The lowest BCUT2D eigenvalue weighted by Crippen LogP contribution is -2.31. The predicted molar refractivity (Wildman–Crippen MR) is 263 cm³/mol. The van der Waals surface area contributed by atoms with Gasteiger partial charge >= 0.3 is 5.97 Å². The van der Waals surface area contributed by atoms with E-state index < -0.39 is 11.4 Å². The second-order valence-corrected chi connectivity index (χ2v) is 19.7. The van der Waals surface area contributed by atoms with Crippen molar-refractivity contribution >= 4 is 11.8 Å². The van der Waals surface area contributed by atoms with Crippen LogP contribution in [0.3, 0.4) is 0 Å². The van der Waals surface area contributed by atoms with E-state index in [4.69, 9.17) is 0 Å². The average molecular weight is 831 g/mol. The first kappa shape index (κ1) is 58.1. The Morgan fingerprint density at radius 1 is 0.271 bits per heavy atom. The molecule has 0 heterocycles. The molecule has 0 aliphatic rings. The second-order valence-electron chi connectivity index (χ2n) is 19.7. The maximum absolute atomic E-state index is 12.8. The van der Waals surface area contributed by atoms with Gasteiger partial charge in [-0.05, 0) is 32.1 Å². The van der Waals surface area contributed by atoms with Gasteiger partial charge < -0.3 is 5.11 Å². The maximum atomic E-state index is 12.8. The van der Waals surface area contributed by atoms with Crippen LogP contribution in [0.2, 0.25) is 0 Å². The molecule has 0 bridgehead atoms. The SMILES string of the molecule is CCCCCCCCCCCCCCCCCC(=O)CCCCCCCCCCCCCCCCC(CCCCCCCC)(CCCCCCCCCCCC)C(=O)O. The molecule has 0 aromatic heterocycles. The molecule has 0 spiro atoms. The van der Waals surface area contributed by atoms with Crippen molar-refractivity contribution < 1.29 is 14.7 Å². The standard InChI is InChI=1S/C56H110O3/c1-4-7-10-13-16-18-20-21-22-25-28-31-35-39-44-49-54(57)50-45-40-36-32-29-26-23-24-27-30-34-38-43-48-53-56(55(58)59,51-46-41-15-12-9-6-3)52-47-42-37-33-19-17-14-11-8-5-2/h4-53H2,1-3H3,(H,58,59). The minimum absolute atomic E-state index is 0.479. The zero-order valence-electron chi connectivity index (χ0n) is 41.1. The van der Waals surface area contributed by atoms with Gasteiger partial charge in [-0.15, -0.1) is 0 Å². The van der Waals surface area contributed by atoms with E-state index in [2.05, 4.69) is 20.8 Å². The lowest BCUT2D eigenvalue weighted by atomic mass is 9.74. The summed E-state index contributed by atoms with van der Waals surface area (Å²) in [7, 11) is 0. The molecular formula is C56H110O3. The Bertz CT molecular complexity index is 837. The molecule has 0 aliphatic heterocycles. The molecule has 0 radical (unpaired) electrons. The largest absolute Gasteiger partial charge is 0.481 e. The van der Waals surface area contributed by atoms with E-state index >= 15 is 0 Å². The van der Waals surface area contributed by atoms with Gasteiger partial charge in [0.1, 0.15) is 5.78 Å². The third kappa shape index (κ3) is 42.2. The van der Waals surface area contributed by atoms with Crippen molar-refractivity contribution in [3.05, 3.63) is 0 Å². The normalized spacial score (nSPS) is 12.7. The van der Waals surface area contributed by atoms with Crippen molar-refractivity contribution in [2.75, 3.05) is 0 Å². The number of aliphatic carboxylic acids is 1. The van der Waals surface area contributed by atoms with Crippen molar-refractivity contribution in [1.29, 1.82) is 0 Å². The highest BCUT2D eigenvalue weighted by molar-refractivity contribution is 5.78. The van der Waals surface area contributed by atoms with Gasteiger partial charge in [-0.3, -0.25) is 9.59 Å². The molecule has 1 atom stereocenters. The Morgan fingerprint density at radius 3 is 0.627 bits per heavy atom. The third-order valence-corrected chi connectivity index (χ3v) is 13.9. The molecule has 0 aromatic carbocycles. The second kappa shape index (κ2) is 48.2. The molecule has 59 heavy (non-hydrogen) atoms. The van der Waals surface area contributed by atoms with Gasteiger partial charge in [-0.2, -0.15) is 0 Å². The molecule has 3 nitrogen and oxygen atoms in total. The smallest absolute Gasteiger partial charge is 0.309 e. The molecule has 0 saturated heterocycles. The molecule has 0 fully saturated rings. The molecule has 0 aliphatic carbocycles. The molecule has 0 aromatic rings. The van der Waals surface area contributed by atoms with Gasteiger partial charge in [0.2, 0.25) is 0 Å². The Balaban J connectivity index is 3.80. The lowest BCUT2D eigenvalue weighted by Gasteiger charge is -2.30. The van der Waals surface area contributed by atoms with E-state index in [1.165, 1.54) is 257 Å². The van der Waals surface area contributed by atoms with Crippen molar-refractivity contribution in [2.24, 2.45) is 5.41 Å². The molecule has 0 amide bonds. The van der Waals surface area contributed by atoms with Crippen LogP contribution >= 0.6 is 0 Å². The van der Waals surface area contributed by atoms with Gasteiger partial charge in [-0.1, -0.05) is 297 Å². The fourth-order valence-electron chi connectivity index (χ4n) is 9.62. The number of Topliss-reactive ketones (excluding diaryl/α,β-unsaturated/α-hetero) is 1. The molecule has 1 unspecified atom stereocenters. The highest BCUT2D eigenvalue weighted by Gasteiger charge is 2.36. The number of carbonyl (C=O) groups is 2. The van der Waals surface area contributed by atoms with Crippen LogP contribution in [0.4, 0.5) is 0 Å². The third-order valence-electron chi connectivity index (χ3n) is 13.9. The monoisotopic (exact) mass is 831 g/mol. The zero-order chi connectivity index (χ0) is 43.0. The van der Waals surface area contributed by atoms with Crippen molar-refractivity contribution in [1.82, 2.24) is 0 Å². The summed E-state index contributed by atoms with van der Waals surface area (Å²) in [5.74, 6) is 0.00831. The van der Waals surface area contributed by atoms with Crippen LogP contribution in [-0.4, -0.2) is 16.9 Å². The number of hydrogen-bond donors (Lipinski definition) is 1. The molecule has 0 saturated carbocycles. The highest BCUT2D eigenvalue weighted by Crippen LogP contribution is 2.38. The number of rotatable bonds is 52. The van der Waals surface area contributed by atoms with E-state index in [1.54, 1.807) is 0 Å². The number of ketones is 1. The van der Waals surface area contributed by atoms with Crippen LogP contribution in [0.25, 0.3) is 0 Å². The average Bonchev–Trinajstić information content (AvgIpc) is 3.23. The molecule has 0 rings (SSSR count). The number of unbranched alkanes of at least 4 members (excludes halogenated alkanes) is 41. The summed E-state index contributed by atoms with van der Waals surface area (Å²) >= 11 is 0. The number of hydrogen-bond acceptors (Lipinski definition) is 2. The molecule has 352 valence electrons. The van der Waals surface area contributed by atoms with Gasteiger partial charge in [-0.25, -0.2) is 0 Å². The number of carboxylic acids is 1. The van der Waals surface area contributed by atoms with Crippen LogP contribution in [0.5, 0.6) is 0 Å². The first-order valence-electron chi connectivity index (χ1n) is 27.8. The predicted octanol–water partition coefficient (Wildman–Crippen LogP) is 20.2. The molecule has 3 heteroatoms. The first-order valence-corrected chi connectivity index (χ1v) is 27.8. The Labute approximate surface area is 372 Å². The van der Waals surface area contributed by atoms with Gasteiger partial charge in [0, 0.05) is 12.8 Å². The highest BCUT2D eigenvalue weighted by atomic mass is 16.4. The van der Waals surface area contributed by atoms with Gasteiger partial charge in [0.15, 0.2) is 0 Å². The van der Waals surface area contributed by atoms with E-state index in [1.807, 2.05) is 0 Å². The first-order chi connectivity index (χ1) is 29.0. The quantitative estimate of drug-likeness (QED) is 0.0621. The van der Waals surface area contributed by atoms with Crippen LogP contribution < -0.4 is 0 Å². The van der Waals surface area contributed by atoms with Crippen molar-refractivity contribution in [2.45, 2.75) is 342 Å². The minimum Gasteiger partial charge on any atom is -0.481 e. The Morgan fingerprint density at radius 2 is 0.441 bits per heavy atom. The van der Waals surface area contributed by atoms with E-state index in [9.17, 15) is 14.7 Å². The Hall–Kier alpha value is -0.860. The van der Waals surface area contributed by atoms with Gasteiger partial charge in [0.25, 0.3) is 0 Å². The summed E-state index contributed by atoms with van der Waals surface area (Å²) in [6.07, 6.45) is 63.6. The van der Waals surface area contributed by atoms with Crippen molar-refractivity contribution in [3.63, 3.8) is 0 Å². The summed E-state index contributed by atoms with van der Waals surface area (Å²) in [5.41, 5.74) is -0.479. The van der Waals surface area contributed by atoms with E-state index in [-0.39, 0.29) is 0 Å². The van der Waals surface area contributed by atoms with Crippen LogP contribution in [0, 0.1) is 5.41 Å². The topological polar surface area (TPSA) is 54.4 Å². The molecular weight excluding hydrogens is 721 g/mol. The molecule has 1 N–H and O–H groups in total.